The molecule has 0 aromatic heterocycles. The van der Waals surface area contributed by atoms with Gasteiger partial charge in [-0.1, -0.05) is 0 Å². The van der Waals surface area contributed by atoms with Crippen LogP contribution in [-0.4, -0.2) is 18.5 Å². The largest absolute Gasteiger partial charge is 0.354 e. The molecule has 3 N–H and O–H groups in total. The Balaban J connectivity index is 1.83. The van der Waals surface area contributed by atoms with E-state index in [0.717, 1.165) is 12.5 Å². The quantitative estimate of drug-likeness (QED) is 0.708. The summed E-state index contributed by atoms with van der Waals surface area (Å²) in [5.41, 5.74) is 5.94. The summed E-state index contributed by atoms with van der Waals surface area (Å²) in [6.07, 6.45) is 6.67. The van der Waals surface area contributed by atoms with Crippen molar-refractivity contribution < 1.29 is 4.79 Å². The first-order valence-electron chi connectivity index (χ1n) is 5.65. The van der Waals surface area contributed by atoms with Gasteiger partial charge in [0.15, 0.2) is 0 Å². The molecule has 0 spiro atoms. The van der Waals surface area contributed by atoms with E-state index in [9.17, 15) is 4.79 Å². The number of amides is 1. The molecule has 2 aliphatic rings. The first-order chi connectivity index (χ1) is 6.61. The fourth-order valence-corrected chi connectivity index (χ4v) is 3.00. The van der Waals surface area contributed by atoms with Gasteiger partial charge in [-0.05, 0) is 50.4 Å². The normalized spacial score (nSPS) is 37.1. The Morgan fingerprint density at radius 3 is 2.64 bits per heavy atom. The maximum Gasteiger partial charge on any atom is 0.236 e. The number of fused-ring (bicyclic) bond motifs is 2. The van der Waals surface area contributed by atoms with Crippen LogP contribution >= 0.6 is 0 Å². The third-order valence-corrected chi connectivity index (χ3v) is 3.94. The Bertz CT molecular complexity index is 229. The van der Waals surface area contributed by atoms with Crippen LogP contribution in [0.5, 0.6) is 0 Å². The standard InChI is InChI=1S/C11H20N2O/c1-8(12)10(14)13-7-11-4-2-9(6-11)3-5-11/h8-9H,2-7,12H2,1H3,(H,13,14)/t8-,9?,11?/m1/s1. The molecule has 0 saturated heterocycles. The van der Waals surface area contributed by atoms with Crippen LogP contribution in [0.4, 0.5) is 0 Å². The monoisotopic (exact) mass is 196 g/mol. The minimum Gasteiger partial charge on any atom is -0.354 e. The molecule has 0 radical (unpaired) electrons. The lowest BCUT2D eigenvalue weighted by Gasteiger charge is -2.27. The first-order valence-corrected chi connectivity index (χ1v) is 5.65. The van der Waals surface area contributed by atoms with Crippen molar-refractivity contribution in [1.82, 2.24) is 5.32 Å². The zero-order valence-corrected chi connectivity index (χ0v) is 8.88. The van der Waals surface area contributed by atoms with Gasteiger partial charge in [-0.25, -0.2) is 0 Å². The average molecular weight is 196 g/mol. The maximum atomic E-state index is 11.3. The van der Waals surface area contributed by atoms with Gasteiger partial charge in [0, 0.05) is 6.54 Å². The second-order valence-electron chi connectivity index (χ2n) is 5.15. The summed E-state index contributed by atoms with van der Waals surface area (Å²) in [6, 6.07) is -0.370. The van der Waals surface area contributed by atoms with Gasteiger partial charge in [0.25, 0.3) is 0 Å². The summed E-state index contributed by atoms with van der Waals surface area (Å²) >= 11 is 0. The van der Waals surface area contributed by atoms with Crippen LogP contribution in [0.25, 0.3) is 0 Å². The summed E-state index contributed by atoms with van der Waals surface area (Å²) in [6.45, 7) is 2.59. The minimum atomic E-state index is -0.370. The van der Waals surface area contributed by atoms with Crippen molar-refractivity contribution >= 4 is 5.91 Å². The van der Waals surface area contributed by atoms with Crippen molar-refractivity contribution in [2.75, 3.05) is 6.54 Å². The summed E-state index contributed by atoms with van der Waals surface area (Å²) in [5.74, 6) is 0.942. The van der Waals surface area contributed by atoms with Gasteiger partial charge in [-0.2, -0.15) is 0 Å². The molecule has 14 heavy (non-hydrogen) atoms. The summed E-state index contributed by atoms with van der Waals surface area (Å²) in [4.78, 5) is 11.3. The third kappa shape index (κ3) is 1.78. The lowest BCUT2D eigenvalue weighted by molar-refractivity contribution is -0.122. The van der Waals surface area contributed by atoms with Crippen molar-refractivity contribution in [2.24, 2.45) is 17.1 Å². The molecule has 2 bridgehead atoms. The fraction of sp³-hybridized carbons (Fsp3) is 0.909. The van der Waals surface area contributed by atoms with Gasteiger partial charge in [-0.15, -0.1) is 0 Å². The number of hydrogen-bond acceptors (Lipinski definition) is 2. The molecular formula is C11H20N2O. The number of rotatable bonds is 3. The summed E-state index contributed by atoms with van der Waals surface area (Å²) < 4.78 is 0. The fourth-order valence-electron chi connectivity index (χ4n) is 3.00. The molecule has 3 nitrogen and oxygen atoms in total. The van der Waals surface area contributed by atoms with Crippen LogP contribution < -0.4 is 11.1 Å². The van der Waals surface area contributed by atoms with E-state index < -0.39 is 0 Å². The Morgan fingerprint density at radius 2 is 2.21 bits per heavy atom. The molecule has 2 aliphatic carbocycles. The smallest absolute Gasteiger partial charge is 0.236 e. The SMILES string of the molecule is C[C@@H](N)C(=O)NCC12CCC(CC1)C2. The van der Waals surface area contributed by atoms with Crippen LogP contribution in [0.3, 0.4) is 0 Å². The first kappa shape index (κ1) is 9.97. The highest BCUT2D eigenvalue weighted by molar-refractivity contribution is 5.80. The molecule has 1 amide bonds. The summed E-state index contributed by atoms with van der Waals surface area (Å²) in [7, 11) is 0. The van der Waals surface area contributed by atoms with Crippen molar-refractivity contribution in [3.8, 4) is 0 Å². The Kier molecular flexibility index (Phi) is 2.52. The lowest BCUT2D eigenvalue weighted by atomic mass is 9.84. The van der Waals surface area contributed by atoms with E-state index in [0.29, 0.717) is 5.41 Å². The van der Waals surface area contributed by atoms with Crippen LogP contribution in [0.1, 0.15) is 39.0 Å². The third-order valence-electron chi connectivity index (χ3n) is 3.94. The summed E-state index contributed by atoms with van der Waals surface area (Å²) in [5, 5.41) is 2.98. The van der Waals surface area contributed by atoms with E-state index in [4.69, 9.17) is 5.73 Å². The second kappa shape index (κ2) is 3.54. The number of carbonyl (C=O) groups excluding carboxylic acids is 1. The Morgan fingerprint density at radius 1 is 1.57 bits per heavy atom. The number of hydrogen-bond donors (Lipinski definition) is 2. The van der Waals surface area contributed by atoms with Gasteiger partial charge in [0.2, 0.25) is 5.91 Å². The van der Waals surface area contributed by atoms with Crippen LogP contribution in [0, 0.1) is 11.3 Å². The Hall–Kier alpha value is -0.570. The highest BCUT2D eigenvalue weighted by atomic mass is 16.2. The van der Waals surface area contributed by atoms with Crippen LogP contribution in [-0.2, 0) is 4.79 Å². The molecular weight excluding hydrogens is 176 g/mol. The second-order valence-corrected chi connectivity index (χ2v) is 5.15. The molecule has 3 heteroatoms. The Labute approximate surface area is 85.4 Å². The van der Waals surface area contributed by atoms with Gasteiger partial charge in [0.1, 0.15) is 0 Å². The molecule has 0 heterocycles. The minimum absolute atomic E-state index is 0.00488. The molecule has 2 saturated carbocycles. The van der Waals surface area contributed by atoms with Crippen molar-refractivity contribution in [3.63, 3.8) is 0 Å². The molecule has 0 aromatic rings. The van der Waals surface area contributed by atoms with Crippen molar-refractivity contribution in [3.05, 3.63) is 0 Å². The van der Waals surface area contributed by atoms with E-state index in [1.807, 2.05) is 0 Å². The zero-order valence-electron chi connectivity index (χ0n) is 8.88. The molecule has 0 aromatic carbocycles. The van der Waals surface area contributed by atoms with E-state index in [1.54, 1.807) is 6.92 Å². The van der Waals surface area contributed by atoms with E-state index in [-0.39, 0.29) is 11.9 Å². The molecule has 2 fully saturated rings. The number of nitrogens with two attached hydrogens (primary N) is 1. The van der Waals surface area contributed by atoms with Gasteiger partial charge in [-0.3, -0.25) is 4.79 Å². The zero-order chi connectivity index (χ0) is 10.2. The molecule has 1 atom stereocenters. The van der Waals surface area contributed by atoms with Gasteiger partial charge < -0.3 is 11.1 Å². The lowest BCUT2D eigenvalue weighted by Crippen LogP contribution is -2.43. The van der Waals surface area contributed by atoms with Crippen molar-refractivity contribution in [2.45, 2.75) is 45.1 Å². The molecule has 0 aliphatic heterocycles. The van der Waals surface area contributed by atoms with E-state index in [2.05, 4.69) is 5.32 Å². The molecule has 0 unspecified atom stereocenters. The number of nitrogens with one attached hydrogen (secondary N) is 1. The number of carbonyl (C=O) groups is 1. The van der Waals surface area contributed by atoms with Crippen LogP contribution in [0.15, 0.2) is 0 Å². The van der Waals surface area contributed by atoms with Crippen molar-refractivity contribution in [1.29, 1.82) is 0 Å². The highest BCUT2D eigenvalue weighted by Gasteiger charge is 2.44. The highest BCUT2D eigenvalue weighted by Crippen LogP contribution is 2.53. The van der Waals surface area contributed by atoms with E-state index in [1.165, 1.54) is 32.1 Å². The molecule has 80 valence electrons. The van der Waals surface area contributed by atoms with E-state index >= 15 is 0 Å². The predicted octanol–water partition coefficient (Wildman–Crippen LogP) is 1.03. The molecule has 2 rings (SSSR count). The van der Waals surface area contributed by atoms with Crippen LogP contribution in [0.2, 0.25) is 0 Å². The average Bonchev–Trinajstić information content (AvgIpc) is 2.74. The van der Waals surface area contributed by atoms with Gasteiger partial charge in [0.05, 0.1) is 6.04 Å². The maximum absolute atomic E-state index is 11.3. The topological polar surface area (TPSA) is 55.1 Å². The predicted molar refractivity (Wildman–Crippen MR) is 55.7 cm³/mol. The van der Waals surface area contributed by atoms with Gasteiger partial charge >= 0.3 is 0 Å².